The van der Waals surface area contributed by atoms with Crippen molar-refractivity contribution in [1.82, 2.24) is 24.8 Å². The summed E-state index contributed by atoms with van der Waals surface area (Å²) in [4.78, 5) is 24.9. The van der Waals surface area contributed by atoms with E-state index in [2.05, 4.69) is 26.3 Å². The van der Waals surface area contributed by atoms with Crippen molar-refractivity contribution in [2.75, 3.05) is 32.0 Å². The average molecular weight is 468 g/mol. The smallest absolute Gasteiger partial charge is 0.251 e. The van der Waals surface area contributed by atoms with Crippen molar-refractivity contribution < 1.29 is 9.13 Å². The number of pyridine rings is 3. The van der Waals surface area contributed by atoms with Gasteiger partial charge in [-0.15, -0.1) is 11.8 Å². The highest BCUT2D eigenvalue weighted by Crippen LogP contribution is 2.33. The van der Waals surface area contributed by atoms with E-state index in [1.165, 1.54) is 11.1 Å². The van der Waals surface area contributed by atoms with Crippen LogP contribution in [0.25, 0.3) is 11.0 Å². The van der Waals surface area contributed by atoms with E-state index in [1.54, 1.807) is 16.7 Å². The zero-order chi connectivity index (χ0) is 22.4. The van der Waals surface area contributed by atoms with Crippen molar-refractivity contribution in [3.8, 4) is 5.75 Å². The van der Waals surface area contributed by atoms with Gasteiger partial charge in [0.15, 0.2) is 5.75 Å². The standard InChI is InChI=1S/C24H26FN5O2S/c25-19-12-28-20-1-2-23(31)30-17(10-18(19)24(20)30)14-29-5-3-15(4-6-29)26-11-16-9-22-21(13-27-16)32-7-8-33-22/h1-2,9,12-13,15,17,26H,3-8,10-11,14H2. The number of rotatable bonds is 5. The molecule has 1 N–H and O–H groups in total. The van der Waals surface area contributed by atoms with Gasteiger partial charge in [-0.2, -0.15) is 0 Å². The first-order chi connectivity index (χ1) is 16.2. The van der Waals surface area contributed by atoms with E-state index in [0.29, 0.717) is 29.1 Å². The van der Waals surface area contributed by atoms with Gasteiger partial charge in [-0.05, 0) is 44.5 Å². The number of nitrogens with one attached hydrogen (secondary N) is 1. The molecule has 0 radical (unpaired) electrons. The number of hydrogen-bond acceptors (Lipinski definition) is 7. The van der Waals surface area contributed by atoms with Gasteiger partial charge in [0.2, 0.25) is 0 Å². The van der Waals surface area contributed by atoms with Crippen LogP contribution in [0.3, 0.4) is 0 Å². The number of ether oxygens (including phenoxy) is 1. The lowest BCUT2D eigenvalue weighted by atomic mass is 10.0. The number of thioether (sulfide) groups is 1. The summed E-state index contributed by atoms with van der Waals surface area (Å²) in [6.07, 6.45) is 5.74. The van der Waals surface area contributed by atoms with E-state index in [0.717, 1.165) is 62.8 Å². The van der Waals surface area contributed by atoms with Gasteiger partial charge in [-0.25, -0.2) is 4.39 Å². The number of hydrogen-bond donors (Lipinski definition) is 1. The predicted octanol–water partition coefficient (Wildman–Crippen LogP) is 2.77. The summed E-state index contributed by atoms with van der Waals surface area (Å²) in [5.41, 5.74) is 2.96. The van der Waals surface area contributed by atoms with Gasteiger partial charge in [0.05, 0.1) is 46.7 Å². The Labute approximate surface area is 195 Å². The van der Waals surface area contributed by atoms with Gasteiger partial charge in [-0.1, -0.05) is 0 Å². The van der Waals surface area contributed by atoms with Crippen molar-refractivity contribution in [1.29, 1.82) is 0 Å². The van der Waals surface area contributed by atoms with Crippen LogP contribution in [0.15, 0.2) is 40.3 Å². The first-order valence-electron chi connectivity index (χ1n) is 11.5. The highest BCUT2D eigenvalue weighted by Gasteiger charge is 2.30. The molecule has 0 amide bonds. The molecule has 6 rings (SSSR count). The van der Waals surface area contributed by atoms with Crippen LogP contribution in [0.5, 0.6) is 5.75 Å². The van der Waals surface area contributed by atoms with Gasteiger partial charge < -0.3 is 19.5 Å². The van der Waals surface area contributed by atoms with Crippen LogP contribution in [0.1, 0.15) is 30.1 Å². The average Bonchev–Trinajstić information content (AvgIpc) is 3.23. The lowest BCUT2D eigenvalue weighted by Gasteiger charge is -2.34. The van der Waals surface area contributed by atoms with Crippen LogP contribution >= 0.6 is 11.8 Å². The molecule has 3 aliphatic rings. The minimum absolute atomic E-state index is 0.0428. The molecule has 1 fully saturated rings. The minimum atomic E-state index is -0.312. The molecular formula is C24H26FN5O2S. The Balaban J connectivity index is 1.06. The molecule has 3 aromatic rings. The minimum Gasteiger partial charge on any atom is -0.490 e. The van der Waals surface area contributed by atoms with E-state index < -0.39 is 0 Å². The van der Waals surface area contributed by atoms with E-state index >= 15 is 0 Å². The predicted molar refractivity (Wildman–Crippen MR) is 125 cm³/mol. The molecule has 3 aromatic heterocycles. The normalized spacial score (nSPS) is 20.7. The highest BCUT2D eigenvalue weighted by molar-refractivity contribution is 7.99. The van der Waals surface area contributed by atoms with Gasteiger partial charge in [-0.3, -0.25) is 14.8 Å². The fourth-order valence-corrected chi connectivity index (χ4v) is 6.11. The van der Waals surface area contributed by atoms with Gasteiger partial charge in [0, 0.05) is 36.5 Å². The van der Waals surface area contributed by atoms with Gasteiger partial charge in [0.1, 0.15) is 5.82 Å². The van der Waals surface area contributed by atoms with Crippen LogP contribution in [-0.2, 0) is 13.0 Å². The second kappa shape index (κ2) is 8.70. The molecular weight excluding hydrogens is 441 g/mol. The molecule has 9 heteroatoms. The number of nitrogens with zero attached hydrogens (tertiary/aromatic N) is 4. The number of fused-ring (bicyclic) bond motifs is 1. The van der Waals surface area contributed by atoms with Crippen LogP contribution in [0, 0.1) is 5.82 Å². The fraction of sp³-hybridized carbons (Fsp3) is 0.458. The second-order valence-electron chi connectivity index (χ2n) is 8.99. The van der Waals surface area contributed by atoms with Crippen molar-refractivity contribution in [2.24, 2.45) is 0 Å². The number of piperidine rings is 1. The molecule has 1 saturated heterocycles. The Hall–Kier alpha value is -2.49. The highest BCUT2D eigenvalue weighted by atomic mass is 32.2. The van der Waals surface area contributed by atoms with E-state index in [-0.39, 0.29) is 17.4 Å². The zero-order valence-corrected chi connectivity index (χ0v) is 19.1. The molecule has 0 bridgehead atoms. The van der Waals surface area contributed by atoms with Crippen LogP contribution in [-0.4, -0.2) is 57.5 Å². The Morgan fingerprint density at radius 3 is 2.97 bits per heavy atom. The van der Waals surface area contributed by atoms with Gasteiger partial charge >= 0.3 is 0 Å². The number of halogens is 1. The molecule has 1 unspecified atom stereocenters. The maximum atomic E-state index is 14.4. The Morgan fingerprint density at radius 2 is 2.09 bits per heavy atom. The van der Waals surface area contributed by atoms with Crippen LogP contribution < -0.4 is 15.6 Å². The summed E-state index contributed by atoms with van der Waals surface area (Å²) in [6, 6.07) is 5.77. The molecule has 0 aliphatic carbocycles. The van der Waals surface area contributed by atoms with E-state index in [9.17, 15) is 9.18 Å². The van der Waals surface area contributed by atoms with Crippen molar-refractivity contribution in [3.63, 3.8) is 0 Å². The number of aromatic nitrogens is 3. The van der Waals surface area contributed by atoms with E-state index in [1.807, 2.05) is 18.0 Å². The maximum absolute atomic E-state index is 14.4. The zero-order valence-electron chi connectivity index (χ0n) is 18.3. The van der Waals surface area contributed by atoms with Crippen LogP contribution in [0.4, 0.5) is 4.39 Å². The van der Waals surface area contributed by atoms with E-state index in [4.69, 9.17) is 4.74 Å². The lowest BCUT2D eigenvalue weighted by Crippen LogP contribution is -2.44. The Kier molecular flexibility index (Phi) is 5.55. The molecule has 172 valence electrons. The summed E-state index contributed by atoms with van der Waals surface area (Å²) >= 11 is 1.82. The second-order valence-corrected chi connectivity index (χ2v) is 10.1. The lowest BCUT2D eigenvalue weighted by molar-refractivity contribution is 0.174. The Morgan fingerprint density at radius 1 is 1.21 bits per heavy atom. The molecule has 3 aliphatic heterocycles. The molecule has 7 nitrogen and oxygen atoms in total. The van der Waals surface area contributed by atoms with Gasteiger partial charge in [0.25, 0.3) is 5.56 Å². The third-order valence-electron chi connectivity index (χ3n) is 6.92. The molecule has 1 atom stereocenters. The summed E-state index contributed by atoms with van der Waals surface area (Å²) < 4.78 is 21.8. The Bertz CT molecular complexity index is 1260. The van der Waals surface area contributed by atoms with Crippen molar-refractivity contribution in [2.45, 2.75) is 42.8 Å². The SMILES string of the molecule is O=c1ccc2ncc(F)c3c2n1C(CN1CCC(NCc2cc4c(cn2)OCCS4)CC1)C3. The summed E-state index contributed by atoms with van der Waals surface area (Å²) in [6.45, 7) is 4.16. The topological polar surface area (TPSA) is 72.3 Å². The molecule has 0 saturated carbocycles. The van der Waals surface area contributed by atoms with Crippen molar-refractivity contribution in [3.05, 3.63) is 58.0 Å². The molecule has 33 heavy (non-hydrogen) atoms. The quantitative estimate of drug-likeness (QED) is 0.619. The maximum Gasteiger partial charge on any atom is 0.251 e. The molecule has 0 aromatic carbocycles. The van der Waals surface area contributed by atoms with Crippen LogP contribution in [0.2, 0.25) is 0 Å². The monoisotopic (exact) mass is 467 g/mol. The number of likely N-dealkylation sites (tertiary alicyclic amines) is 1. The largest absolute Gasteiger partial charge is 0.490 e. The van der Waals surface area contributed by atoms with Crippen molar-refractivity contribution >= 4 is 22.8 Å². The summed E-state index contributed by atoms with van der Waals surface area (Å²) in [7, 11) is 0. The first-order valence-corrected chi connectivity index (χ1v) is 12.5. The third-order valence-corrected chi connectivity index (χ3v) is 7.92. The summed E-state index contributed by atoms with van der Waals surface area (Å²) in [5, 5.41) is 3.65. The molecule has 6 heterocycles. The molecule has 0 spiro atoms. The first kappa shape index (κ1) is 21.1. The fourth-order valence-electron chi connectivity index (χ4n) is 5.25. The third kappa shape index (κ3) is 4.02. The summed E-state index contributed by atoms with van der Waals surface area (Å²) in [5.74, 6) is 1.56.